The maximum atomic E-state index is 11.9. The van der Waals surface area contributed by atoms with Crippen LogP contribution in [0.5, 0.6) is 0 Å². The first kappa shape index (κ1) is 21.2. The van der Waals surface area contributed by atoms with Gasteiger partial charge in [-0.25, -0.2) is 9.97 Å². The monoisotopic (exact) mass is 408 g/mol. The van der Waals surface area contributed by atoms with Gasteiger partial charge in [-0.3, -0.25) is 19.8 Å². The van der Waals surface area contributed by atoms with Crippen LogP contribution in [0, 0.1) is 10.1 Å². The Bertz CT molecular complexity index is 729. The number of hydrogen-bond acceptors (Lipinski definition) is 10. The van der Waals surface area contributed by atoms with Crippen LogP contribution < -0.4 is 9.80 Å². The fourth-order valence-corrected chi connectivity index (χ4v) is 3.84. The van der Waals surface area contributed by atoms with Gasteiger partial charge in [-0.05, 0) is 20.8 Å². The van der Waals surface area contributed by atoms with Gasteiger partial charge in [0, 0.05) is 39.3 Å². The second-order valence-electron chi connectivity index (χ2n) is 7.36. The minimum atomic E-state index is -0.402. The van der Waals surface area contributed by atoms with Crippen LogP contribution >= 0.6 is 0 Å². The third-order valence-corrected chi connectivity index (χ3v) is 5.02. The Kier molecular flexibility index (Phi) is 6.80. The van der Waals surface area contributed by atoms with Gasteiger partial charge < -0.3 is 19.3 Å². The third-order valence-electron chi connectivity index (χ3n) is 5.02. The summed E-state index contributed by atoms with van der Waals surface area (Å²) < 4.78 is 10.7. The number of aromatic nitrogens is 2. The lowest BCUT2D eigenvalue weighted by molar-refractivity contribution is -0.383. The summed E-state index contributed by atoms with van der Waals surface area (Å²) in [5.41, 5.74) is -0.0763. The standard InChI is InChI=1S/C18H28N6O5/c1-4-28-15(25)11-21-5-7-22(8-6-21)17-16(24(26)27)18(20-12-19-17)23-9-13(2)29-14(3)10-23/h12-14H,4-11H2,1-3H3. The number of esters is 1. The summed E-state index contributed by atoms with van der Waals surface area (Å²) in [7, 11) is 0. The molecule has 0 saturated carbocycles. The SMILES string of the molecule is CCOC(=O)CN1CCN(c2ncnc(N3CC(C)OC(C)C3)c2[N+](=O)[O-])CC1. The number of ether oxygens (including phenoxy) is 2. The van der Waals surface area contributed by atoms with Crippen LogP contribution in [0.25, 0.3) is 0 Å². The van der Waals surface area contributed by atoms with Crippen molar-refractivity contribution in [2.45, 2.75) is 33.0 Å². The minimum Gasteiger partial charge on any atom is -0.465 e. The molecule has 0 amide bonds. The van der Waals surface area contributed by atoms with Crippen molar-refractivity contribution in [3.8, 4) is 0 Å². The Morgan fingerprint density at radius 2 is 1.76 bits per heavy atom. The molecule has 2 atom stereocenters. The van der Waals surface area contributed by atoms with E-state index in [1.54, 1.807) is 6.92 Å². The molecule has 0 aliphatic carbocycles. The Morgan fingerprint density at radius 1 is 1.17 bits per heavy atom. The average molecular weight is 408 g/mol. The lowest BCUT2D eigenvalue weighted by atomic mass is 10.2. The molecule has 0 aromatic carbocycles. The van der Waals surface area contributed by atoms with E-state index in [2.05, 4.69) is 9.97 Å². The number of hydrogen-bond donors (Lipinski definition) is 0. The first-order chi connectivity index (χ1) is 13.9. The Labute approximate surface area is 169 Å². The normalized spacial score (nSPS) is 23.1. The number of carbonyl (C=O) groups is 1. The summed E-state index contributed by atoms with van der Waals surface area (Å²) in [6, 6.07) is 0. The zero-order chi connectivity index (χ0) is 21.0. The van der Waals surface area contributed by atoms with Gasteiger partial charge in [-0.1, -0.05) is 0 Å². The largest absolute Gasteiger partial charge is 0.465 e. The second kappa shape index (κ2) is 9.31. The summed E-state index contributed by atoms with van der Waals surface area (Å²) >= 11 is 0. The number of nitro groups is 1. The highest BCUT2D eigenvalue weighted by atomic mass is 16.6. The van der Waals surface area contributed by atoms with Crippen molar-refractivity contribution in [2.75, 3.05) is 62.2 Å². The van der Waals surface area contributed by atoms with Crippen LogP contribution in [0.15, 0.2) is 6.33 Å². The summed E-state index contributed by atoms with van der Waals surface area (Å²) in [6.07, 6.45) is 1.30. The Morgan fingerprint density at radius 3 is 2.31 bits per heavy atom. The number of piperazine rings is 1. The van der Waals surface area contributed by atoms with E-state index in [0.29, 0.717) is 57.5 Å². The smallest absolute Gasteiger partial charge is 0.353 e. The van der Waals surface area contributed by atoms with Gasteiger partial charge in [0.1, 0.15) is 6.33 Å². The van der Waals surface area contributed by atoms with Crippen LogP contribution in [0.2, 0.25) is 0 Å². The van der Waals surface area contributed by atoms with Crippen LogP contribution in [-0.4, -0.2) is 90.4 Å². The molecule has 0 bridgehead atoms. The molecule has 0 radical (unpaired) electrons. The summed E-state index contributed by atoms with van der Waals surface area (Å²) in [4.78, 5) is 37.5. The highest BCUT2D eigenvalue weighted by Crippen LogP contribution is 2.35. The van der Waals surface area contributed by atoms with E-state index >= 15 is 0 Å². The lowest BCUT2D eigenvalue weighted by Gasteiger charge is -2.37. The zero-order valence-corrected chi connectivity index (χ0v) is 17.1. The Balaban J connectivity index is 1.77. The average Bonchev–Trinajstić information content (AvgIpc) is 2.67. The van der Waals surface area contributed by atoms with Gasteiger partial charge in [0.15, 0.2) is 0 Å². The predicted molar refractivity (Wildman–Crippen MR) is 106 cm³/mol. The molecule has 11 heteroatoms. The number of morpholine rings is 1. The van der Waals surface area contributed by atoms with E-state index < -0.39 is 4.92 Å². The molecule has 2 aliphatic heterocycles. The quantitative estimate of drug-likeness (QED) is 0.378. The van der Waals surface area contributed by atoms with Gasteiger partial charge in [0.2, 0.25) is 11.6 Å². The molecule has 0 spiro atoms. The van der Waals surface area contributed by atoms with Gasteiger partial charge in [0.05, 0.1) is 30.3 Å². The van der Waals surface area contributed by atoms with Crippen molar-refractivity contribution in [2.24, 2.45) is 0 Å². The molecule has 2 fully saturated rings. The number of anilines is 2. The van der Waals surface area contributed by atoms with Crippen molar-refractivity contribution in [1.82, 2.24) is 14.9 Å². The Hall–Kier alpha value is -2.53. The van der Waals surface area contributed by atoms with Crippen molar-refractivity contribution in [3.63, 3.8) is 0 Å². The van der Waals surface area contributed by atoms with Gasteiger partial charge in [-0.15, -0.1) is 0 Å². The van der Waals surface area contributed by atoms with E-state index in [4.69, 9.17) is 9.47 Å². The summed E-state index contributed by atoms with van der Waals surface area (Å²) in [5, 5.41) is 11.9. The summed E-state index contributed by atoms with van der Waals surface area (Å²) in [5.74, 6) is 0.394. The maximum Gasteiger partial charge on any atom is 0.353 e. The molecule has 160 valence electrons. The number of rotatable bonds is 6. The van der Waals surface area contributed by atoms with E-state index in [1.165, 1.54) is 6.33 Å². The fraction of sp³-hybridized carbons (Fsp3) is 0.722. The molecule has 1 aromatic rings. The van der Waals surface area contributed by atoms with Crippen molar-refractivity contribution in [1.29, 1.82) is 0 Å². The van der Waals surface area contributed by atoms with Crippen molar-refractivity contribution in [3.05, 3.63) is 16.4 Å². The maximum absolute atomic E-state index is 11.9. The topological polar surface area (TPSA) is 114 Å². The zero-order valence-electron chi connectivity index (χ0n) is 17.1. The molecule has 2 saturated heterocycles. The predicted octanol–water partition coefficient (Wildman–Crippen LogP) is 0.684. The highest BCUT2D eigenvalue weighted by molar-refractivity contribution is 5.72. The van der Waals surface area contributed by atoms with E-state index in [1.807, 2.05) is 28.5 Å². The molecular formula is C18H28N6O5. The molecule has 3 rings (SSSR count). The second-order valence-corrected chi connectivity index (χ2v) is 7.36. The lowest BCUT2D eigenvalue weighted by Crippen LogP contribution is -2.49. The minimum absolute atomic E-state index is 0.0387. The molecule has 29 heavy (non-hydrogen) atoms. The molecule has 0 N–H and O–H groups in total. The first-order valence-electron chi connectivity index (χ1n) is 9.91. The molecular weight excluding hydrogens is 380 g/mol. The van der Waals surface area contributed by atoms with Crippen LogP contribution in [0.4, 0.5) is 17.3 Å². The number of nitrogens with zero attached hydrogens (tertiary/aromatic N) is 6. The molecule has 2 unspecified atom stereocenters. The van der Waals surface area contributed by atoms with E-state index in [9.17, 15) is 14.9 Å². The highest BCUT2D eigenvalue weighted by Gasteiger charge is 2.34. The van der Waals surface area contributed by atoms with Crippen LogP contribution in [0.3, 0.4) is 0 Å². The summed E-state index contributed by atoms with van der Waals surface area (Å²) in [6.45, 7) is 9.58. The fourth-order valence-electron chi connectivity index (χ4n) is 3.84. The third kappa shape index (κ3) is 5.10. The van der Waals surface area contributed by atoms with E-state index in [0.717, 1.165) is 0 Å². The molecule has 1 aromatic heterocycles. The van der Waals surface area contributed by atoms with Crippen LogP contribution in [-0.2, 0) is 14.3 Å². The van der Waals surface area contributed by atoms with E-state index in [-0.39, 0.29) is 30.4 Å². The number of carbonyl (C=O) groups excluding carboxylic acids is 1. The van der Waals surface area contributed by atoms with Gasteiger partial charge in [-0.2, -0.15) is 0 Å². The molecule has 3 heterocycles. The molecule has 2 aliphatic rings. The van der Waals surface area contributed by atoms with Gasteiger partial charge in [0.25, 0.3) is 0 Å². The van der Waals surface area contributed by atoms with Crippen molar-refractivity contribution >= 4 is 23.3 Å². The molecule has 11 nitrogen and oxygen atoms in total. The van der Waals surface area contributed by atoms with Crippen molar-refractivity contribution < 1.29 is 19.2 Å². The van der Waals surface area contributed by atoms with Gasteiger partial charge >= 0.3 is 11.7 Å². The van der Waals surface area contributed by atoms with Crippen LogP contribution in [0.1, 0.15) is 20.8 Å². The first-order valence-corrected chi connectivity index (χ1v) is 9.91.